The molecule has 0 saturated carbocycles. The van der Waals surface area contributed by atoms with Crippen molar-refractivity contribution in [2.75, 3.05) is 0 Å². The molecule has 0 aliphatic carbocycles. The topological polar surface area (TPSA) is 20.2 Å². The Morgan fingerprint density at radius 1 is 0.700 bits per heavy atom. The molecule has 0 aliphatic heterocycles. The van der Waals surface area contributed by atoms with Crippen molar-refractivity contribution in [2.45, 2.75) is 11.8 Å². The van der Waals surface area contributed by atoms with E-state index in [-0.39, 0.29) is 21.2 Å². The fourth-order valence-corrected chi connectivity index (χ4v) is 2.13. The fourth-order valence-electron chi connectivity index (χ4n) is 1.88. The molecule has 2 aromatic carbocycles. The summed E-state index contributed by atoms with van der Waals surface area (Å²) in [6.07, 6.45) is -4.88. The first-order chi connectivity index (χ1) is 9.25. The first-order valence-electron chi connectivity index (χ1n) is 5.56. The molecule has 0 bridgehead atoms. The Labute approximate surface area is 123 Å². The van der Waals surface area contributed by atoms with E-state index < -0.39 is 11.8 Å². The van der Waals surface area contributed by atoms with Crippen molar-refractivity contribution in [2.24, 2.45) is 0 Å². The van der Waals surface area contributed by atoms with Crippen LogP contribution < -0.4 is 0 Å². The van der Waals surface area contributed by atoms with Gasteiger partial charge in [0.05, 0.1) is 0 Å². The number of hydrogen-bond acceptors (Lipinski definition) is 1. The maximum atomic E-state index is 13.4. The summed E-state index contributed by atoms with van der Waals surface area (Å²) in [5.74, 6) is 0. The van der Waals surface area contributed by atoms with E-state index in [1.807, 2.05) is 0 Å². The number of benzene rings is 2. The zero-order valence-electron chi connectivity index (χ0n) is 9.96. The van der Waals surface area contributed by atoms with Gasteiger partial charge in [0.2, 0.25) is 5.60 Å². The van der Waals surface area contributed by atoms with Gasteiger partial charge in [-0.2, -0.15) is 13.2 Å². The lowest BCUT2D eigenvalue weighted by molar-refractivity contribution is -0.248. The molecule has 6 heteroatoms. The van der Waals surface area contributed by atoms with Gasteiger partial charge in [-0.1, -0.05) is 47.5 Å². The number of hydrogen-bond donors (Lipinski definition) is 1. The van der Waals surface area contributed by atoms with Gasteiger partial charge in [-0.3, -0.25) is 0 Å². The molecule has 2 aromatic rings. The third kappa shape index (κ3) is 2.64. The fraction of sp³-hybridized carbons (Fsp3) is 0.143. The lowest BCUT2D eigenvalue weighted by Crippen LogP contribution is -2.43. The van der Waals surface area contributed by atoms with Crippen LogP contribution in [-0.4, -0.2) is 11.3 Å². The van der Waals surface area contributed by atoms with E-state index >= 15 is 0 Å². The first kappa shape index (κ1) is 15.2. The minimum absolute atomic E-state index is 0.286. The summed E-state index contributed by atoms with van der Waals surface area (Å²) in [6, 6.07) is 9.75. The summed E-state index contributed by atoms with van der Waals surface area (Å²) in [5, 5.41) is 10.8. The summed E-state index contributed by atoms with van der Waals surface area (Å²) >= 11 is 11.3. The van der Waals surface area contributed by atoms with E-state index in [1.165, 1.54) is 24.3 Å². The van der Waals surface area contributed by atoms with Crippen LogP contribution >= 0.6 is 23.2 Å². The molecule has 0 amide bonds. The standard InChI is InChI=1S/C14H9Cl2F3O/c15-11-5-1-9(2-6-11)13(20,14(17,18)19)10-3-7-12(16)8-4-10/h1-8,20H. The lowest BCUT2D eigenvalue weighted by Gasteiger charge is -2.31. The smallest absolute Gasteiger partial charge is 0.372 e. The highest BCUT2D eigenvalue weighted by atomic mass is 35.5. The van der Waals surface area contributed by atoms with Crippen LogP contribution in [0.1, 0.15) is 11.1 Å². The summed E-state index contributed by atoms with van der Waals surface area (Å²) < 4.78 is 40.1. The van der Waals surface area contributed by atoms with Crippen molar-refractivity contribution >= 4 is 23.2 Å². The molecule has 0 saturated heterocycles. The predicted molar refractivity (Wildman–Crippen MR) is 72.0 cm³/mol. The number of aliphatic hydroxyl groups is 1. The SMILES string of the molecule is OC(c1ccc(Cl)cc1)(c1ccc(Cl)cc1)C(F)(F)F. The number of halogens is 5. The Bertz CT molecular complexity index is 546. The van der Waals surface area contributed by atoms with E-state index in [0.717, 1.165) is 24.3 Å². The van der Waals surface area contributed by atoms with Crippen LogP contribution in [0.4, 0.5) is 13.2 Å². The average molecular weight is 321 g/mol. The van der Waals surface area contributed by atoms with Gasteiger partial charge in [-0.25, -0.2) is 0 Å². The second kappa shape index (κ2) is 5.28. The molecular formula is C14H9Cl2F3O. The molecule has 0 radical (unpaired) electrons. The molecule has 20 heavy (non-hydrogen) atoms. The second-order valence-corrected chi connectivity index (χ2v) is 5.09. The molecule has 0 unspecified atom stereocenters. The van der Waals surface area contributed by atoms with E-state index in [9.17, 15) is 18.3 Å². The lowest BCUT2D eigenvalue weighted by atomic mass is 9.86. The van der Waals surface area contributed by atoms with Crippen LogP contribution in [0.15, 0.2) is 48.5 Å². The van der Waals surface area contributed by atoms with Gasteiger partial charge in [0, 0.05) is 10.0 Å². The highest BCUT2D eigenvalue weighted by molar-refractivity contribution is 6.30. The van der Waals surface area contributed by atoms with Crippen molar-refractivity contribution in [3.63, 3.8) is 0 Å². The van der Waals surface area contributed by atoms with Gasteiger partial charge in [-0.05, 0) is 35.4 Å². The molecule has 0 atom stereocenters. The largest absolute Gasteiger partial charge is 0.425 e. The van der Waals surface area contributed by atoms with Gasteiger partial charge >= 0.3 is 6.18 Å². The predicted octanol–water partition coefficient (Wildman–Crippen LogP) is 4.79. The van der Waals surface area contributed by atoms with Crippen LogP contribution in [0.25, 0.3) is 0 Å². The van der Waals surface area contributed by atoms with Crippen molar-refractivity contribution in [3.05, 3.63) is 69.7 Å². The van der Waals surface area contributed by atoms with Crippen molar-refractivity contribution in [1.29, 1.82) is 0 Å². The summed E-state index contributed by atoms with van der Waals surface area (Å²) in [7, 11) is 0. The summed E-state index contributed by atoms with van der Waals surface area (Å²) in [5.41, 5.74) is -3.73. The number of rotatable bonds is 2. The maximum Gasteiger partial charge on any atom is 0.425 e. The Kier molecular flexibility index (Phi) is 4.00. The zero-order chi connectivity index (χ0) is 15.0. The minimum Gasteiger partial charge on any atom is -0.372 e. The van der Waals surface area contributed by atoms with Gasteiger partial charge in [0.25, 0.3) is 0 Å². The zero-order valence-corrected chi connectivity index (χ0v) is 11.5. The molecule has 0 aliphatic rings. The molecule has 2 rings (SSSR count). The summed E-state index contributed by atoms with van der Waals surface area (Å²) in [4.78, 5) is 0. The van der Waals surface area contributed by atoms with Crippen LogP contribution in [0.5, 0.6) is 0 Å². The minimum atomic E-state index is -4.88. The molecule has 1 N–H and O–H groups in total. The van der Waals surface area contributed by atoms with E-state index in [1.54, 1.807) is 0 Å². The molecule has 0 spiro atoms. The Morgan fingerprint density at radius 2 is 1.00 bits per heavy atom. The molecule has 0 heterocycles. The van der Waals surface area contributed by atoms with Crippen LogP contribution in [0.2, 0.25) is 10.0 Å². The Morgan fingerprint density at radius 3 is 1.25 bits per heavy atom. The number of alkyl halides is 3. The van der Waals surface area contributed by atoms with Crippen molar-refractivity contribution in [1.82, 2.24) is 0 Å². The quantitative estimate of drug-likeness (QED) is 0.843. The van der Waals surface area contributed by atoms with E-state index in [4.69, 9.17) is 23.2 Å². The van der Waals surface area contributed by atoms with Crippen LogP contribution in [0, 0.1) is 0 Å². The molecule has 1 nitrogen and oxygen atoms in total. The maximum absolute atomic E-state index is 13.4. The van der Waals surface area contributed by atoms with Crippen molar-refractivity contribution in [3.8, 4) is 0 Å². The molecule has 0 fully saturated rings. The Balaban J connectivity index is 2.62. The first-order valence-corrected chi connectivity index (χ1v) is 6.32. The van der Waals surface area contributed by atoms with Crippen molar-refractivity contribution < 1.29 is 18.3 Å². The van der Waals surface area contributed by atoms with Gasteiger partial charge in [0.15, 0.2) is 0 Å². The normalized spacial score (nSPS) is 12.5. The van der Waals surface area contributed by atoms with Crippen LogP contribution in [-0.2, 0) is 5.60 Å². The van der Waals surface area contributed by atoms with E-state index in [0.29, 0.717) is 0 Å². The molecular weight excluding hydrogens is 312 g/mol. The second-order valence-electron chi connectivity index (χ2n) is 4.22. The van der Waals surface area contributed by atoms with Gasteiger partial charge in [-0.15, -0.1) is 0 Å². The molecule has 106 valence electrons. The highest BCUT2D eigenvalue weighted by Gasteiger charge is 2.56. The third-order valence-corrected chi connectivity index (χ3v) is 3.44. The van der Waals surface area contributed by atoms with Gasteiger partial charge < -0.3 is 5.11 Å². The molecule has 0 aromatic heterocycles. The summed E-state index contributed by atoms with van der Waals surface area (Å²) in [6.45, 7) is 0. The van der Waals surface area contributed by atoms with Crippen LogP contribution in [0.3, 0.4) is 0 Å². The highest BCUT2D eigenvalue weighted by Crippen LogP contribution is 2.44. The monoisotopic (exact) mass is 320 g/mol. The van der Waals surface area contributed by atoms with Gasteiger partial charge in [0.1, 0.15) is 0 Å². The Hall–Kier alpha value is -1.23. The van der Waals surface area contributed by atoms with E-state index in [2.05, 4.69) is 0 Å². The average Bonchev–Trinajstić information content (AvgIpc) is 2.38. The third-order valence-electron chi connectivity index (χ3n) is 2.93.